The highest BCUT2D eigenvalue weighted by atomic mass is 127. The first-order valence-electron chi connectivity index (χ1n) is 7.34. The van der Waals surface area contributed by atoms with Gasteiger partial charge < -0.3 is 15.2 Å². The summed E-state index contributed by atoms with van der Waals surface area (Å²) in [6, 6.07) is 8.53. The highest BCUT2D eigenvalue weighted by molar-refractivity contribution is 14.0. The monoisotopic (exact) mass is 425 g/mol. The van der Waals surface area contributed by atoms with Gasteiger partial charge in [0.2, 0.25) is 0 Å². The van der Waals surface area contributed by atoms with E-state index in [0.717, 1.165) is 24.9 Å². The maximum atomic E-state index is 4.25. The summed E-state index contributed by atoms with van der Waals surface area (Å²) in [4.78, 5) is 8.42. The van der Waals surface area contributed by atoms with Gasteiger partial charge in [-0.05, 0) is 18.1 Å². The normalized spacial score (nSPS) is 10.8. The van der Waals surface area contributed by atoms with Crippen LogP contribution in [0.4, 0.5) is 0 Å². The molecule has 1 aromatic carbocycles. The molecule has 1 heterocycles. The minimum Gasteiger partial charge on any atom is -0.353 e. The number of nitrogens with zero attached hydrogens (tertiary/aromatic N) is 3. The molecule has 0 radical (unpaired) electrons. The second-order valence-corrected chi connectivity index (χ2v) is 5.02. The van der Waals surface area contributed by atoms with E-state index in [1.54, 1.807) is 13.1 Å². The Hall–Kier alpha value is -1.83. The Labute approximate surface area is 154 Å². The molecule has 0 aliphatic carbocycles. The van der Waals surface area contributed by atoms with Crippen LogP contribution in [0.1, 0.15) is 17.0 Å². The Kier molecular flexibility index (Phi) is 8.39. The minimum absolute atomic E-state index is 0. The third kappa shape index (κ3) is 6.05. The van der Waals surface area contributed by atoms with Crippen LogP contribution in [0.3, 0.4) is 0 Å². The van der Waals surface area contributed by atoms with Crippen LogP contribution in [0.15, 0.2) is 54.3 Å². The first-order valence-corrected chi connectivity index (χ1v) is 7.34. The van der Waals surface area contributed by atoms with E-state index in [1.165, 1.54) is 11.1 Å². The van der Waals surface area contributed by atoms with Crippen LogP contribution in [0.25, 0.3) is 0 Å². The van der Waals surface area contributed by atoms with E-state index in [4.69, 9.17) is 0 Å². The van der Waals surface area contributed by atoms with E-state index in [9.17, 15) is 0 Å². The van der Waals surface area contributed by atoms with Crippen molar-refractivity contribution < 1.29 is 0 Å². The number of nitrogens with one attached hydrogen (secondary N) is 2. The molecule has 0 atom stereocenters. The van der Waals surface area contributed by atoms with Crippen LogP contribution in [0, 0.1) is 6.92 Å². The van der Waals surface area contributed by atoms with Crippen LogP contribution in [-0.2, 0) is 13.1 Å². The van der Waals surface area contributed by atoms with E-state index in [-0.39, 0.29) is 24.0 Å². The maximum Gasteiger partial charge on any atom is 0.191 e. The lowest BCUT2D eigenvalue weighted by Crippen LogP contribution is -2.36. The fraction of sp³-hybridized carbons (Fsp3) is 0.294. The van der Waals surface area contributed by atoms with Gasteiger partial charge in [0, 0.05) is 39.1 Å². The lowest BCUT2D eigenvalue weighted by molar-refractivity contribution is 0.758. The number of halogens is 1. The minimum atomic E-state index is 0. The summed E-state index contributed by atoms with van der Waals surface area (Å²) in [5.74, 6) is 1.80. The molecule has 0 saturated heterocycles. The molecular weight excluding hydrogens is 401 g/mol. The van der Waals surface area contributed by atoms with Crippen LogP contribution >= 0.6 is 24.0 Å². The zero-order valence-corrected chi connectivity index (χ0v) is 16.0. The topological polar surface area (TPSA) is 54.2 Å². The first kappa shape index (κ1) is 19.2. The second kappa shape index (κ2) is 10.0. The number of guanidine groups is 1. The summed E-state index contributed by atoms with van der Waals surface area (Å²) >= 11 is 0. The van der Waals surface area contributed by atoms with Gasteiger partial charge in [-0.15, -0.1) is 30.6 Å². The van der Waals surface area contributed by atoms with E-state index in [0.29, 0.717) is 6.54 Å². The lowest BCUT2D eigenvalue weighted by Gasteiger charge is -2.12. The number of hydrogen-bond donors (Lipinski definition) is 2. The number of aryl methyl sites for hydroxylation is 1. The van der Waals surface area contributed by atoms with Gasteiger partial charge in [-0.3, -0.25) is 4.99 Å². The van der Waals surface area contributed by atoms with Crippen molar-refractivity contribution in [2.45, 2.75) is 20.0 Å². The standard InChI is InChI=1S/C17H23N5.HI/c1-4-8-20-17(18-3)21-12-15-6-5-7-16(11-15)13-22-10-9-19-14(22)2;/h4-7,9-11H,1,8,12-13H2,2-3H3,(H2,18,20,21);1H. The SMILES string of the molecule is C=CCNC(=NC)NCc1cccc(Cn2ccnc2C)c1.I. The van der Waals surface area contributed by atoms with Gasteiger partial charge in [0.15, 0.2) is 5.96 Å². The van der Waals surface area contributed by atoms with Gasteiger partial charge in [-0.2, -0.15) is 0 Å². The third-order valence-corrected chi connectivity index (χ3v) is 3.37. The zero-order valence-electron chi connectivity index (χ0n) is 13.6. The van der Waals surface area contributed by atoms with Crippen molar-refractivity contribution in [1.82, 2.24) is 20.2 Å². The number of aliphatic imine (C=N–C) groups is 1. The molecule has 2 N–H and O–H groups in total. The predicted octanol–water partition coefficient (Wildman–Crippen LogP) is 2.71. The van der Waals surface area contributed by atoms with E-state index >= 15 is 0 Å². The second-order valence-electron chi connectivity index (χ2n) is 5.02. The van der Waals surface area contributed by atoms with Crippen molar-refractivity contribution in [3.8, 4) is 0 Å². The molecule has 0 aliphatic rings. The average Bonchev–Trinajstić information content (AvgIpc) is 2.93. The van der Waals surface area contributed by atoms with Crippen molar-refractivity contribution in [2.75, 3.05) is 13.6 Å². The quantitative estimate of drug-likeness (QED) is 0.324. The molecule has 1 aromatic heterocycles. The summed E-state index contributed by atoms with van der Waals surface area (Å²) in [6.45, 7) is 7.96. The fourth-order valence-electron chi connectivity index (χ4n) is 2.18. The molecule has 2 rings (SSSR count). The molecule has 23 heavy (non-hydrogen) atoms. The lowest BCUT2D eigenvalue weighted by atomic mass is 10.1. The Balaban J connectivity index is 0.00000264. The first-order chi connectivity index (χ1) is 10.7. The third-order valence-electron chi connectivity index (χ3n) is 3.37. The summed E-state index contributed by atoms with van der Waals surface area (Å²) < 4.78 is 2.14. The van der Waals surface area contributed by atoms with E-state index in [2.05, 4.69) is 56.0 Å². The molecule has 0 aliphatic heterocycles. The largest absolute Gasteiger partial charge is 0.353 e. The molecule has 0 bridgehead atoms. The molecular formula is C17H24IN5. The number of imidazole rings is 1. The average molecular weight is 425 g/mol. The van der Waals surface area contributed by atoms with Crippen molar-refractivity contribution in [2.24, 2.45) is 4.99 Å². The van der Waals surface area contributed by atoms with Crippen molar-refractivity contribution in [1.29, 1.82) is 0 Å². The smallest absolute Gasteiger partial charge is 0.191 e. The van der Waals surface area contributed by atoms with Gasteiger partial charge in [-0.25, -0.2) is 4.98 Å². The number of aromatic nitrogens is 2. The molecule has 2 aromatic rings. The van der Waals surface area contributed by atoms with Crippen molar-refractivity contribution in [3.63, 3.8) is 0 Å². The van der Waals surface area contributed by atoms with Crippen molar-refractivity contribution in [3.05, 3.63) is 66.3 Å². The van der Waals surface area contributed by atoms with Crippen LogP contribution in [0.2, 0.25) is 0 Å². The van der Waals surface area contributed by atoms with Gasteiger partial charge in [-0.1, -0.05) is 30.3 Å². The predicted molar refractivity (Wildman–Crippen MR) is 106 cm³/mol. The number of rotatable bonds is 6. The van der Waals surface area contributed by atoms with Crippen molar-refractivity contribution >= 4 is 29.9 Å². The van der Waals surface area contributed by atoms with Crippen LogP contribution in [0.5, 0.6) is 0 Å². The Morgan fingerprint density at radius 3 is 2.78 bits per heavy atom. The highest BCUT2D eigenvalue weighted by Gasteiger charge is 2.01. The molecule has 6 heteroatoms. The van der Waals surface area contributed by atoms with E-state index < -0.39 is 0 Å². The maximum absolute atomic E-state index is 4.25. The molecule has 0 saturated carbocycles. The van der Waals surface area contributed by atoms with E-state index in [1.807, 2.05) is 19.3 Å². The van der Waals surface area contributed by atoms with Crippen LogP contribution < -0.4 is 10.6 Å². The van der Waals surface area contributed by atoms with Gasteiger partial charge >= 0.3 is 0 Å². The molecule has 0 spiro atoms. The van der Waals surface area contributed by atoms with Crippen LogP contribution in [-0.4, -0.2) is 29.1 Å². The van der Waals surface area contributed by atoms with Gasteiger partial charge in [0.05, 0.1) is 0 Å². The number of benzene rings is 1. The molecule has 0 unspecified atom stereocenters. The fourth-order valence-corrected chi connectivity index (χ4v) is 2.18. The Bertz CT molecular complexity index is 648. The Morgan fingerprint density at radius 1 is 1.35 bits per heavy atom. The zero-order chi connectivity index (χ0) is 15.8. The summed E-state index contributed by atoms with van der Waals surface area (Å²) in [5, 5.41) is 6.45. The summed E-state index contributed by atoms with van der Waals surface area (Å²) in [5.41, 5.74) is 2.48. The number of hydrogen-bond acceptors (Lipinski definition) is 2. The molecule has 0 fully saturated rings. The molecule has 124 valence electrons. The summed E-state index contributed by atoms with van der Waals surface area (Å²) in [7, 11) is 1.76. The molecule has 0 amide bonds. The van der Waals surface area contributed by atoms with Gasteiger partial charge in [0.25, 0.3) is 0 Å². The molecule has 5 nitrogen and oxygen atoms in total. The van der Waals surface area contributed by atoms with Gasteiger partial charge in [0.1, 0.15) is 5.82 Å². The summed E-state index contributed by atoms with van der Waals surface area (Å²) in [6.07, 6.45) is 5.64. The highest BCUT2D eigenvalue weighted by Crippen LogP contribution is 2.08. The Morgan fingerprint density at radius 2 is 2.13 bits per heavy atom.